The third-order valence-corrected chi connectivity index (χ3v) is 3.54. The highest BCUT2D eigenvalue weighted by atomic mass is 79.9. The van der Waals surface area contributed by atoms with Gasteiger partial charge in [-0.15, -0.1) is 0 Å². The number of nitrogens with zero attached hydrogens (tertiary/aromatic N) is 2. The van der Waals surface area contributed by atoms with Crippen molar-refractivity contribution in [1.29, 1.82) is 0 Å². The Hall–Kier alpha value is -1.33. The molecule has 94 valence electrons. The second-order valence-electron chi connectivity index (χ2n) is 3.72. The van der Waals surface area contributed by atoms with Gasteiger partial charge in [0.2, 0.25) is 5.78 Å². The Labute approximate surface area is 118 Å². The predicted molar refractivity (Wildman–Crippen MR) is 74.9 cm³/mol. The van der Waals surface area contributed by atoms with Crippen LogP contribution in [0.1, 0.15) is 23.0 Å². The second-order valence-corrected chi connectivity index (χ2v) is 4.98. The van der Waals surface area contributed by atoms with Gasteiger partial charge in [0.25, 0.3) is 0 Å². The summed E-state index contributed by atoms with van der Waals surface area (Å²) in [7, 11) is 0. The number of nitrogen functional groups attached to an aromatic ring is 1. The summed E-state index contributed by atoms with van der Waals surface area (Å²) in [6, 6.07) is 5.03. The van der Waals surface area contributed by atoms with Gasteiger partial charge in [-0.1, -0.05) is 11.6 Å². The van der Waals surface area contributed by atoms with E-state index in [1.807, 2.05) is 6.92 Å². The maximum atomic E-state index is 12.4. The molecule has 6 heteroatoms. The summed E-state index contributed by atoms with van der Waals surface area (Å²) in [5.41, 5.74) is 7.20. The van der Waals surface area contributed by atoms with Gasteiger partial charge in [0, 0.05) is 22.3 Å². The Morgan fingerprint density at radius 2 is 2.28 bits per heavy atom. The highest BCUT2D eigenvalue weighted by Crippen LogP contribution is 2.24. The van der Waals surface area contributed by atoms with Crippen molar-refractivity contribution >= 4 is 39.0 Å². The molecular formula is C12H11BrClN3O. The molecule has 1 heterocycles. The number of anilines is 1. The van der Waals surface area contributed by atoms with Crippen molar-refractivity contribution in [2.24, 2.45) is 0 Å². The van der Waals surface area contributed by atoms with E-state index >= 15 is 0 Å². The van der Waals surface area contributed by atoms with Gasteiger partial charge in [-0.25, -0.2) is 0 Å². The Morgan fingerprint density at radius 1 is 1.56 bits per heavy atom. The zero-order valence-electron chi connectivity index (χ0n) is 9.65. The van der Waals surface area contributed by atoms with Crippen molar-refractivity contribution in [2.75, 3.05) is 5.73 Å². The van der Waals surface area contributed by atoms with Crippen LogP contribution < -0.4 is 5.73 Å². The van der Waals surface area contributed by atoms with E-state index in [1.54, 1.807) is 22.9 Å². The Kier molecular flexibility index (Phi) is 3.73. The number of aromatic nitrogens is 2. The maximum absolute atomic E-state index is 12.4. The number of rotatable bonds is 3. The van der Waals surface area contributed by atoms with Crippen LogP contribution in [0.25, 0.3) is 0 Å². The number of aryl methyl sites for hydroxylation is 1. The van der Waals surface area contributed by atoms with E-state index in [9.17, 15) is 4.79 Å². The highest BCUT2D eigenvalue weighted by Gasteiger charge is 2.19. The van der Waals surface area contributed by atoms with E-state index < -0.39 is 0 Å². The van der Waals surface area contributed by atoms with Gasteiger partial charge in [-0.05, 0) is 41.1 Å². The number of hydrogen-bond acceptors (Lipinski definition) is 3. The van der Waals surface area contributed by atoms with Crippen molar-refractivity contribution in [1.82, 2.24) is 9.78 Å². The molecule has 1 aromatic heterocycles. The summed E-state index contributed by atoms with van der Waals surface area (Å²) < 4.78 is 2.27. The molecule has 0 aliphatic carbocycles. The van der Waals surface area contributed by atoms with Crippen LogP contribution in [0.3, 0.4) is 0 Å². The molecule has 0 amide bonds. The third kappa shape index (κ3) is 2.28. The first-order chi connectivity index (χ1) is 8.54. The van der Waals surface area contributed by atoms with E-state index in [-0.39, 0.29) is 5.78 Å². The van der Waals surface area contributed by atoms with Crippen LogP contribution >= 0.6 is 27.5 Å². The van der Waals surface area contributed by atoms with Crippen LogP contribution in [0, 0.1) is 0 Å². The van der Waals surface area contributed by atoms with E-state index in [4.69, 9.17) is 17.3 Å². The van der Waals surface area contributed by atoms with E-state index in [2.05, 4.69) is 21.0 Å². The summed E-state index contributed by atoms with van der Waals surface area (Å²) in [5.74, 6) is -0.167. The largest absolute Gasteiger partial charge is 0.398 e. The normalized spacial score (nSPS) is 10.6. The average molecular weight is 329 g/mol. The van der Waals surface area contributed by atoms with E-state index in [0.717, 1.165) is 0 Å². The van der Waals surface area contributed by atoms with Gasteiger partial charge in [0.1, 0.15) is 5.69 Å². The zero-order valence-corrected chi connectivity index (χ0v) is 12.0. The molecule has 2 aromatic rings. The molecule has 1 aromatic carbocycles. The fourth-order valence-corrected chi connectivity index (χ4v) is 2.24. The highest BCUT2D eigenvalue weighted by molar-refractivity contribution is 9.10. The van der Waals surface area contributed by atoms with Crippen molar-refractivity contribution in [3.05, 3.63) is 45.1 Å². The van der Waals surface area contributed by atoms with Gasteiger partial charge < -0.3 is 5.73 Å². The first kappa shape index (κ1) is 13.1. The minimum atomic E-state index is -0.167. The molecule has 0 spiro atoms. The number of carbonyl (C=O) groups excluding carboxylic acids is 1. The number of nitrogens with two attached hydrogens (primary N) is 1. The lowest BCUT2D eigenvalue weighted by Crippen LogP contribution is -2.11. The van der Waals surface area contributed by atoms with Crippen molar-refractivity contribution in [3.8, 4) is 0 Å². The van der Waals surface area contributed by atoms with Crippen LogP contribution in [0.15, 0.2) is 28.9 Å². The quantitative estimate of drug-likeness (QED) is 0.695. The lowest BCUT2D eigenvalue weighted by Gasteiger charge is -2.06. The Balaban J connectivity index is 2.47. The Bertz CT molecular complexity index is 609. The standard InChI is InChI=1S/C12H11BrClN3O/c1-2-17-11(9(14)6-16-17)12(18)7-3-4-10(15)8(13)5-7/h3-6H,2,15H2,1H3. The SMILES string of the molecule is CCn1ncc(Cl)c1C(=O)c1ccc(N)c(Br)c1. The number of hydrogen-bond donors (Lipinski definition) is 1. The first-order valence-corrected chi connectivity index (χ1v) is 6.52. The summed E-state index contributed by atoms with van der Waals surface area (Å²) in [5, 5.41) is 4.40. The number of carbonyl (C=O) groups is 1. The summed E-state index contributed by atoms with van der Waals surface area (Å²) >= 11 is 9.30. The number of benzene rings is 1. The monoisotopic (exact) mass is 327 g/mol. The summed E-state index contributed by atoms with van der Waals surface area (Å²) in [4.78, 5) is 12.4. The van der Waals surface area contributed by atoms with E-state index in [1.165, 1.54) is 6.20 Å². The number of halogens is 2. The molecule has 18 heavy (non-hydrogen) atoms. The average Bonchev–Trinajstić information content (AvgIpc) is 2.73. The maximum Gasteiger partial charge on any atom is 0.212 e. The van der Waals surface area contributed by atoms with Crippen LogP contribution in [-0.2, 0) is 6.54 Å². The minimum Gasteiger partial charge on any atom is -0.398 e. The smallest absolute Gasteiger partial charge is 0.212 e. The zero-order chi connectivity index (χ0) is 13.3. The van der Waals surface area contributed by atoms with Gasteiger partial charge in [0.05, 0.1) is 11.2 Å². The third-order valence-electron chi connectivity index (χ3n) is 2.57. The van der Waals surface area contributed by atoms with Crippen LogP contribution in [0.2, 0.25) is 5.02 Å². The molecule has 0 atom stereocenters. The Morgan fingerprint density at radius 3 is 2.89 bits per heavy atom. The van der Waals surface area contributed by atoms with Gasteiger partial charge in [-0.2, -0.15) is 5.10 Å². The molecule has 0 aliphatic heterocycles. The lowest BCUT2D eigenvalue weighted by molar-refractivity contribution is 0.102. The van der Waals surface area contributed by atoms with Crippen LogP contribution in [-0.4, -0.2) is 15.6 Å². The van der Waals surface area contributed by atoms with Crippen molar-refractivity contribution in [3.63, 3.8) is 0 Å². The van der Waals surface area contributed by atoms with Crippen LogP contribution in [0.5, 0.6) is 0 Å². The molecular weight excluding hydrogens is 318 g/mol. The second kappa shape index (κ2) is 5.12. The molecule has 2 rings (SSSR count). The fourth-order valence-electron chi connectivity index (χ4n) is 1.63. The molecule has 0 bridgehead atoms. The predicted octanol–water partition coefficient (Wildman–Crippen LogP) is 3.13. The lowest BCUT2D eigenvalue weighted by atomic mass is 10.1. The van der Waals surface area contributed by atoms with Gasteiger partial charge in [0.15, 0.2) is 0 Å². The summed E-state index contributed by atoms with van der Waals surface area (Å²) in [6.07, 6.45) is 1.48. The minimum absolute atomic E-state index is 0.167. The summed E-state index contributed by atoms with van der Waals surface area (Å²) in [6.45, 7) is 2.49. The van der Waals surface area contributed by atoms with Crippen molar-refractivity contribution in [2.45, 2.75) is 13.5 Å². The molecule has 4 nitrogen and oxygen atoms in total. The molecule has 0 radical (unpaired) electrons. The topological polar surface area (TPSA) is 60.9 Å². The molecule has 2 N–H and O–H groups in total. The fraction of sp³-hybridized carbons (Fsp3) is 0.167. The molecule has 0 aliphatic rings. The molecule has 0 fully saturated rings. The first-order valence-electron chi connectivity index (χ1n) is 5.35. The molecule has 0 saturated carbocycles. The number of ketones is 1. The van der Waals surface area contributed by atoms with Crippen LogP contribution in [0.4, 0.5) is 5.69 Å². The van der Waals surface area contributed by atoms with Gasteiger partial charge >= 0.3 is 0 Å². The van der Waals surface area contributed by atoms with Gasteiger partial charge in [-0.3, -0.25) is 9.48 Å². The van der Waals surface area contributed by atoms with E-state index in [0.29, 0.717) is 33.0 Å². The van der Waals surface area contributed by atoms with Crippen molar-refractivity contribution < 1.29 is 4.79 Å². The molecule has 0 unspecified atom stereocenters. The molecule has 0 saturated heterocycles.